The van der Waals surface area contributed by atoms with Crippen molar-refractivity contribution in [2.45, 2.75) is 6.42 Å². The molecule has 2 aliphatic rings. The van der Waals surface area contributed by atoms with Gasteiger partial charge in [-0.15, -0.1) is 0 Å². The third-order valence-electron chi connectivity index (χ3n) is 6.90. The summed E-state index contributed by atoms with van der Waals surface area (Å²) in [4.78, 5) is 43.9. The van der Waals surface area contributed by atoms with Crippen LogP contribution in [0, 0.1) is 0 Å². The summed E-state index contributed by atoms with van der Waals surface area (Å²) in [5, 5.41) is 2.92. The minimum Gasteiger partial charge on any atom is -0.465 e. The van der Waals surface area contributed by atoms with E-state index in [1.807, 2.05) is 78.3 Å². The van der Waals surface area contributed by atoms with E-state index in [9.17, 15) is 14.4 Å². The Labute approximate surface area is 222 Å². The highest BCUT2D eigenvalue weighted by atomic mass is 16.5. The molecule has 2 aliphatic heterocycles. The van der Waals surface area contributed by atoms with Gasteiger partial charge in [-0.05, 0) is 62.0 Å². The Kier molecular flexibility index (Phi) is 6.73. The van der Waals surface area contributed by atoms with Crippen molar-refractivity contribution >= 4 is 46.1 Å². The normalized spacial score (nSPS) is 15.2. The second kappa shape index (κ2) is 10.1. The molecule has 3 aromatic carbocycles. The lowest BCUT2D eigenvalue weighted by molar-refractivity contribution is -0.119. The fourth-order valence-electron chi connectivity index (χ4n) is 5.10. The predicted octanol–water partition coefficient (Wildman–Crippen LogP) is 3.88. The first-order valence-corrected chi connectivity index (χ1v) is 12.4. The van der Waals surface area contributed by atoms with Crippen LogP contribution in [0.2, 0.25) is 0 Å². The maximum absolute atomic E-state index is 13.4. The second-order valence-electron chi connectivity index (χ2n) is 9.70. The SMILES string of the molecule is COC(=O)c1ccc2c(c1)NC(=O)/C2=C(/c1ccccc1)N(C)c1ccc2c(c1)CCN2C(=O)CN(C)C. The minimum absolute atomic E-state index is 0.0764. The smallest absolute Gasteiger partial charge is 0.337 e. The molecule has 0 aliphatic carbocycles. The summed E-state index contributed by atoms with van der Waals surface area (Å²) in [5.74, 6) is -0.627. The van der Waals surface area contributed by atoms with E-state index < -0.39 is 5.97 Å². The fraction of sp³-hybridized carbons (Fsp3) is 0.233. The van der Waals surface area contributed by atoms with Crippen molar-refractivity contribution in [3.05, 3.63) is 89.0 Å². The number of amides is 2. The average molecular weight is 511 g/mol. The fourth-order valence-corrected chi connectivity index (χ4v) is 5.10. The van der Waals surface area contributed by atoms with Gasteiger partial charge in [0, 0.05) is 30.5 Å². The number of rotatable bonds is 6. The molecule has 1 N–H and O–H groups in total. The quantitative estimate of drug-likeness (QED) is 0.400. The number of hydrogen-bond donors (Lipinski definition) is 1. The van der Waals surface area contributed by atoms with Crippen molar-refractivity contribution < 1.29 is 19.1 Å². The monoisotopic (exact) mass is 510 g/mol. The van der Waals surface area contributed by atoms with Crippen molar-refractivity contribution in [3.63, 3.8) is 0 Å². The summed E-state index contributed by atoms with van der Waals surface area (Å²) in [6.45, 7) is 1.01. The van der Waals surface area contributed by atoms with Gasteiger partial charge < -0.3 is 24.8 Å². The molecule has 0 unspecified atom stereocenters. The Morgan fingerprint density at radius 1 is 0.974 bits per heavy atom. The van der Waals surface area contributed by atoms with Crippen molar-refractivity contribution in [2.75, 3.05) is 56.5 Å². The van der Waals surface area contributed by atoms with Gasteiger partial charge in [0.2, 0.25) is 5.91 Å². The predicted molar refractivity (Wildman–Crippen MR) is 149 cm³/mol. The summed E-state index contributed by atoms with van der Waals surface area (Å²) < 4.78 is 4.84. The maximum Gasteiger partial charge on any atom is 0.337 e. The van der Waals surface area contributed by atoms with Crippen LogP contribution in [0.5, 0.6) is 0 Å². The van der Waals surface area contributed by atoms with Gasteiger partial charge in [0.15, 0.2) is 0 Å². The van der Waals surface area contributed by atoms with Crippen LogP contribution in [0.25, 0.3) is 11.3 Å². The zero-order valence-corrected chi connectivity index (χ0v) is 21.9. The maximum atomic E-state index is 13.4. The summed E-state index contributed by atoms with van der Waals surface area (Å²) in [6.07, 6.45) is 0.771. The van der Waals surface area contributed by atoms with Gasteiger partial charge in [0.1, 0.15) is 0 Å². The summed E-state index contributed by atoms with van der Waals surface area (Å²) in [6, 6.07) is 20.9. The van der Waals surface area contributed by atoms with Gasteiger partial charge in [-0.2, -0.15) is 0 Å². The highest BCUT2D eigenvalue weighted by Crippen LogP contribution is 2.41. The van der Waals surface area contributed by atoms with E-state index in [1.54, 1.807) is 18.2 Å². The molecule has 3 aromatic rings. The van der Waals surface area contributed by atoms with Gasteiger partial charge in [-0.3, -0.25) is 9.59 Å². The summed E-state index contributed by atoms with van der Waals surface area (Å²) in [7, 11) is 7.04. The first kappa shape index (κ1) is 25.2. The van der Waals surface area contributed by atoms with E-state index >= 15 is 0 Å². The zero-order valence-electron chi connectivity index (χ0n) is 21.9. The van der Waals surface area contributed by atoms with Crippen LogP contribution in [0.4, 0.5) is 17.1 Å². The Balaban J connectivity index is 1.58. The lowest BCUT2D eigenvalue weighted by Gasteiger charge is -2.26. The molecule has 0 atom stereocenters. The number of esters is 1. The van der Waals surface area contributed by atoms with E-state index in [-0.39, 0.29) is 11.8 Å². The zero-order chi connectivity index (χ0) is 27.0. The molecular weight excluding hydrogens is 480 g/mol. The third-order valence-corrected chi connectivity index (χ3v) is 6.90. The van der Waals surface area contributed by atoms with Gasteiger partial charge in [-0.1, -0.05) is 36.4 Å². The van der Waals surface area contributed by atoms with Crippen molar-refractivity contribution in [1.29, 1.82) is 0 Å². The topological polar surface area (TPSA) is 82.2 Å². The Bertz CT molecular complexity index is 1460. The van der Waals surface area contributed by atoms with Crippen LogP contribution < -0.4 is 15.1 Å². The van der Waals surface area contributed by atoms with Crippen LogP contribution in [0.3, 0.4) is 0 Å². The van der Waals surface area contributed by atoms with Gasteiger partial charge in [0.05, 0.1) is 36.2 Å². The first-order chi connectivity index (χ1) is 18.3. The second-order valence-corrected chi connectivity index (χ2v) is 9.70. The van der Waals surface area contributed by atoms with E-state index in [4.69, 9.17) is 4.74 Å². The highest BCUT2D eigenvalue weighted by Gasteiger charge is 2.32. The first-order valence-electron chi connectivity index (χ1n) is 12.4. The van der Waals surface area contributed by atoms with Crippen LogP contribution in [0.1, 0.15) is 27.0 Å². The Hall–Kier alpha value is -4.43. The number of carbonyl (C=O) groups is 3. The average Bonchev–Trinajstić information content (AvgIpc) is 3.48. The van der Waals surface area contributed by atoms with Gasteiger partial charge in [-0.25, -0.2) is 4.79 Å². The number of hydrogen-bond acceptors (Lipinski definition) is 6. The molecule has 2 heterocycles. The molecule has 8 nitrogen and oxygen atoms in total. The minimum atomic E-state index is -0.462. The van der Waals surface area contributed by atoms with Crippen LogP contribution in [-0.2, 0) is 20.7 Å². The molecule has 5 rings (SSSR count). The lowest BCUT2D eigenvalue weighted by Crippen LogP contribution is -2.36. The van der Waals surface area contributed by atoms with Crippen LogP contribution in [-0.4, -0.2) is 64.0 Å². The molecule has 0 saturated carbocycles. The number of benzene rings is 3. The van der Waals surface area contributed by atoms with Crippen molar-refractivity contribution in [3.8, 4) is 0 Å². The number of nitrogens with zero attached hydrogens (tertiary/aromatic N) is 3. The Morgan fingerprint density at radius 3 is 2.45 bits per heavy atom. The number of ether oxygens (including phenoxy) is 1. The molecule has 0 fully saturated rings. The van der Waals surface area contributed by atoms with Gasteiger partial charge >= 0.3 is 5.97 Å². The molecule has 8 heteroatoms. The standard InChI is InChI=1S/C30H30N4O4/c1-32(2)18-26(35)34-15-14-20-16-22(11-13-25(20)34)33(3)28(19-8-6-5-7-9-19)27-23-12-10-21(30(37)38-4)17-24(23)31-29(27)36/h5-13,16-17H,14-15,18H2,1-4H3,(H,31,36)/b28-27-. The molecule has 0 aromatic heterocycles. The molecule has 194 valence electrons. The Morgan fingerprint density at radius 2 is 1.74 bits per heavy atom. The number of carbonyl (C=O) groups excluding carboxylic acids is 3. The lowest BCUT2D eigenvalue weighted by atomic mass is 9.98. The molecule has 0 radical (unpaired) electrons. The third kappa shape index (κ3) is 4.54. The number of fused-ring (bicyclic) bond motifs is 2. The number of nitrogens with one attached hydrogen (secondary N) is 1. The van der Waals surface area contributed by atoms with Crippen LogP contribution >= 0.6 is 0 Å². The molecule has 38 heavy (non-hydrogen) atoms. The number of likely N-dealkylation sites (N-methyl/N-ethyl adjacent to an activating group) is 1. The van der Waals surface area contributed by atoms with E-state index in [0.717, 1.165) is 40.2 Å². The van der Waals surface area contributed by atoms with E-state index in [1.165, 1.54) is 7.11 Å². The molecule has 0 saturated heterocycles. The molecule has 2 amide bonds. The molecular formula is C30H30N4O4. The van der Waals surface area contributed by atoms with E-state index in [2.05, 4.69) is 11.4 Å². The molecule has 0 spiro atoms. The van der Waals surface area contributed by atoms with E-state index in [0.29, 0.717) is 29.9 Å². The van der Waals surface area contributed by atoms with Crippen molar-refractivity contribution in [2.24, 2.45) is 0 Å². The largest absolute Gasteiger partial charge is 0.465 e. The van der Waals surface area contributed by atoms with Crippen LogP contribution in [0.15, 0.2) is 66.7 Å². The number of anilines is 3. The summed E-state index contributed by atoms with van der Waals surface area (Å²) >= 11 is 0. The molecule has 0 bridgehead atoms. The van der Waals surface area contributed by atoms with Gasteiger partial charge in [0.25, 0.3) is 5.91 Å². The summed E-state index contributed by atoms with van der Waals surface area (Å²) in [5.41, 5.74) is 6.74. The highest BCUT2D eigenvalue weighted by molar-refractivity contribution is 6.37. The number of methoxy groups -OCH3 is 1. The van der Waals surface area contributed by atoms with Crippen molar-refractivity contribution in [1.82, 2.24) is 4.90 Å².